The second-order valence-electron chi connectivity index (χ2n) is 5.41. The molecule has 3 heterocycles. The number of carbonyl (C=O) groups excluding carboxylic acids is 1. The summed E-state index contributed by atoms with van der Waals surface area (Å²) in [6.07, 6.45) is 1.92. The number of urea groups is 1. The summed E-state index contributed by atoms with van der Waals surface area (Å²) >= 11 is 1.65. The molecule has 0 saturated carbocycles. The molecule has 1 saturated heterocycles. The minimum atomic E-state index is -0.0348. The van der Waals surface area contributed by atoms with Gasteiger partial charge in [-0.05, 0) is 38.1 Å². The van der Waals surface area contributed by atoms with E-state index in [1.165, 1.54) is 0 Å². The van der Waals surface area contributed by atoms with Crippen molar-refractivity contribution in [3.8, 4) is 0 Å². The first kappa shape index (κ1) is 14.1. The summed E-state index contributed by atoms with van der Waals surface area (Å²) < 4.78 is 5.34. The number of aryl methyl sites for hydroxylation is 1. The minimum Gasteiger partial charge on any atom is -0.359 e. The normalized spacial score (nSPS) is 19.7. The number of hydrogen-bond donors (Lipinski definition) is 1. The average Bonchev–Trinajstić information content (AvgIpc) is 3.19. The standard InChI is InChI=1S/C15H19N3O2S/c1-10-9-13(20-17-10)12-5-3-7-18(12)15(19)16-11(2)14-6-4-8-21-14/h4,6,8-9,11-12H,3,5,7H2,1-2H3,(H,16,19)/t11-,12+/m1/s1. The second kappa shape index (κ2) is 5.89. The Labute approximate surface area is 127 Å². The van der Waals surface area contributed by atoms with Crippen molar-refractivity contribution < 1.29 is 9.32 Å². The molecule has 2 aromatic heterocycles. The third kappa shape index (κ3) is 2.95. The molecule has 6 heteroatoms. The van der Waals surface area contributed by atoms with E-state index in [2.05, 4.69) is 10.5 Å². The van der Waals surface area contributed by atoms with Gasteiger partial charge in [0.15, 0.2) is 5.76 Å². The van der Waals surface area contributed by atoms with E-state index < -0.39 is 0 Å². The van der Waals surface area contributed by atoms with E-state index in [0.717, 1.165) is 35.7 Å². The van der Waals surface area contributed by atoms with Gasteiger partial charge in [-0.25, -0.2) is 4.79 Å². The lowest BCUT2D eigenvalue weighted by molar-refractivity contribution is 0.179. The van der Waals surface area contributed by atoms with Gasteiger partial charge in [0.25, 0.3) is 0 Å². The zero-order chi connectivity index (χ0) is 14.8. The molecule has 0 aliphatic carbocycles. The van der Waals surface area contributed by atoms with Crippen molar-refractivity contribution in [1.29, 1.82) is 0 Å². The summed E-state index contributed by atoms with van der Waals surface area (Å²) in [5.41, 5.74) is 0.851. The maximum absolute atomic E-state index is 12.5. The number of carbonyl (C=O) groups is 1. The van der Waals surface area contributed by atoms with E-state index in [4.69, 9.17) is 4.52 Å². The number of hydrogen-bond acceptors (Lipinski definition) is 4. The molecule has 2 atom stereocenters. The molecule has 5 nitrogen and oxygen atoms in total. The smallest absolute Gasteiger partial charge is 0.318 e. The van der Waals surface area contributed by atoms with Gasteiger partial charge in [-0.15, -0.1) is 11.3 Å². The van der Waals surface area contributed by atoms with Crippen LogP contribution in [0.5, 0.6) is 0 Å². The highest BCUT2D eigenvalue weighted by Crippen LogP contribution is 2.32. The monoisotopic (exact) mass is 305 g/mol. The van der Waals surface area contributed by atoms with Gasteiger partial charge in [0, 0.05) is 17.5 Å². The van der Waals surface area contributed by atoms with E-state index in [1.807, 2.05) is 42.3 Å². The van der Waals surface area contributed by atoms with Crippen LogP contribution in [0.25, 0.3) is 0 Å². The molecule has 3 rings (SSSR count). The summed E-state index contributed by atoms with van der Waals surface area (Å²) in [6.45, 7) is 4.66. The van der Waals surface area contributed by atoms with Crippen LogP contribution >= 0.6 is 11.3 Å². The molecular weight excluding hydrogens is 286 g/mol. The molecule has 0 radical (unpaired) electrons. The Morgan fingerprint density at radius 3 is 3.14 bits per heavy atom. The predicted octanol–water partition coefficient (Wildman–Crippen LogP) is 3.65. The zero-order valence-electron chi connectivity index (χ0n) is 12.2. The van der Waals surface area contributed by atoms with Gasteiger partial charge < -0.3 is 14.7 Å². The highest BCUT2D eigenvalue weighted by molar-refractivity contribution is 7.10. The lowest BCUT2D eigenvalue weighted by atomic mass is 10.1. The van der Waals surface area contributed by atoms with E-state index >= 15 is 0 Å². The topological polar surface area (TPSA) is 58.4 Å². The quantitative estimate of drug-likeness (QED) is 0.941. The van der Waals surface area contributed by atoms with Crippen LogP contribution in [0.2, 0.25) is 0 Å². The lowest BCUT2D eigenvalue weighted by Crippen LogP contribution is -2.40. The fraction of sp³-hybridized carbons (Fsp3) is 0.467. The van der Waals surface area contributed by atoms with Crippen molar-refractivity contribution >= 4 is 17.4 Å². The Bertz CT molecular complexity index is 608. The van der Waals surface area contributed by atoms with Gasteiger partial charge in [-0.2, -0.15) is 0 Å². The van der Waals surface area contributed by atoms with Crippen molar-refractivity contribution in [3.63, 3.8) is 0 Å². The van der Waals surface area contributed by atoms with Crippen LogP contribution in [-0.2, 0) is 0 Å². The molecule has 0 aromatic carbocycles. The highest BCUT2D eigenvalue weighted by atomic mass is 32.1. The molecule has 112 valence electrons. The van der Waals surface area contributed by atoms with E-state index in [-0.39, 0.29) is 18.1 Å². The van der Waals surface area contributed by atoms with Crippen molar-refractivity contribution in [2.45, 2.75) is 38.8 Å². The molecule has 0 unspecified atom stereocenters. The third-order valence-corrected chi connectivity index (χ3v) is 4.85. The molecule has 21 heavy (non-hydrogen) atoms. The molecular formula is C15H19N3O2S. The molecule has 1 aliphatic heterocycles. The molecule has 1 N–H and O–H groups in total. The van der Waals surface area contributed by atoms with Crippen LogP contribution < -0.4 is 5.32 Å². The SMILES string of the molecule is Cc1cc([C@@H]2CCCN2C(=O)N[C@H](C)c2cccs2)on1. The summed E-state index contributed by atoms with van der Waals surface area (Å²) in [5.74, 6) is 0.781. The van der Waals surface area contributed by atoms with Crippen molar-refractivity contribution in [3.05, 3.63) is 39.9 Å². The van der Waals surface area contributed by atoms with Gasteiger partial charge in [-0.3, -0.25) is 0 Å². The number of rotatable bonds is 3. The maximum Gasteiger partial charge on any atom is 0.318 e. The van der Waals surface area contributed by atoms with Crippen molar-refractivity contribution in [2.24, 2.45) is 0 Å². The summed E-state index contributed by atoms with van der Waals surface area (Å²) in [4.78, 5) is 15.5. The Balaban J connectivity index is 1.68. The first-order valence-corrected chi connectivity index (χ1v) is 8.07. The number of aromatic nitrogens is 1. The largest absolute Gasteiger partial charge is 0.359 e. The fourth-order valence-electron chi connectivity index (χ4n) is 2.72. The first-order valence-electron chi connectivity index (χ1n) is 7.19. The van der Waals surface area contributed by atoms with Crippen LogP contribution in [-0.4, -0.2) is 22.6 Å². The van der Waals surface area contributed by atoms with E-state index in [9.17, 15) is 4.79 Å². The average molecular weight is 305 g/mol. The zero-order valence-corrected chi connectivity index (χ0v) is 13.0. The van der Waals surface area contributed by atoms with Gasteiger partial charge >= 0.3 is 6.03 Å². The summed E-state index contributed by atoms with van der Waals surface area (Å²) in [6, 6.07) is 5.94. The molecule has 2 aromatic rings. The predicted molar refractivity (Wildman–Crippen MR) is 81.2 cm³/mol. The third-order valence-electron chi connectivity index (χ3n) is 3.80. The van der Waals surface area contributed by atoms with Gasteiger partial charge in [-0.1, -0.05) is 11.2 Å². The van der Waals surface area contributed by atoms with Crippen LogP contribution in [0, 0.1) is 6.92 Å². The second-order valence-corrected chi connectivity index (χ2v) is 6.39. The van der Waals surface area contributed by atoms with Gasteiger partial charge in [0.05, 0.1) is 17.8 Å². The van der Waals surface area contributed by atoms with Crippen molar-refractivity contribution in [2.75, 3.05) is 6.54 Å². The number of amides is 2. The number of thiophene rings is 1. The Hall–Kier alpha value is -1.82. The minimum absolute atomic E-state index is 0.00161. The molecule has 0 bridgehead atoms. The maximum atomic E-state index is 12.5. The molecule has 2 amide bonds. The van der Waals surface area contributed by atoms with Gasteiger partial charge in [0.2, 0.25) is 0 Å². The molecule has 1 fully saturated rings. The Morgan fingerprint density at radius 1 is 1.62 bits per heavy atom. The Morgan fingerprint density at radius 2 is 2.48 bits per heavy atom. The van der Waals surface area contributed by atoms with Gasteiger partial charge in [0.1, 0.15) is 0 Å². The fourth-order valence-corrected chi connectivity index (χ4v) is 3.46. The summed E-state index contributed by atoms with van der Waals surface area (Å²) in [7, 11) is 0. The van der Waals surface area contributed by atoms with Crippen LogP contribution in [0.15, 0.2) is 28.1 Å². The first-order chi connectivity index (χ1) is 10.1. The number of likely N-dealkylation sites (tertiary alicyclic amines) is 1. The van der Waals surface area contributed by atoms with Crippen LogP contribution in [0.3, 0.4) is 0 Å². The molecule has 1 aliphatic rings. The Kier molecular flexibility index (Phi) is 3.96. The molecule has 0 spiro atoms. The number of nitrogens with one attached hydrogen (secondary N) is 1. The van der Waals surface area contributed by atoms with Crippen LogP contribution in [0.4, 0.5) is 4.79 Å². The lowest BCUT2D eigenvalue weighted by Gasteiger charge is -2.25. The highest BCUT2D eigenvalue weighted by Gasteiger charge is 2.33. The summed E-state index contributed by atoms with van der Waals surface area (Å²) in [5, 5.41) is 9.01. The van der Waals surface area contributed by atoms with Crippen molar-refractivity contribution in [1.82, 2.24) is 15.4 Å². The number of nitrogens with zero attached hydrogens (tertiary/aromatic N) is 2. The van der Waals surface area contributed by atoms with E-state index in [1.54, 1.807) is 11.3 Å². The van der Waals surface area contributed by atoms with Crippen LogP contribution in [0.1, 0.15) is 48.2 Å². The van der Waals surface area contributed by atoms with E-state index in [0.29, 0.717) is 0 Å².